The van der Waals surface area contributed by atoms with Crippen LogP contribution in [0.1, 0.15) is 23.6 Å². The van der Waals surface area contributed by atoms with Gasteiger partial charge in [0, 0.05) is 5.56 Å². The number of carbonyl (C=O) groups is 1. The first-order chi connectivity index (χ1) is 14.4. The minimum absolute atomic E-state index is 0.0672. The van der Waals surface area contributed by atoms with Crippen molar-refractivity contribution in [1.29, 1.82) is 0 Å². The summed E-state index contributed by atoms with van der Waals surface area (Å²) in [5.41, 5.74) is 3.30. The maximum Gasteiger partial charge on any atom is 0.341 e. The van der Waals surface area contributed by atoms with Crippen LogP contribution >= 0.6 is 0 Å². The Balaban J connectivity index is 1.86. The summed E-state index contributed by atoms with van der Waals surface area (Å²) >= 11 is 0. The molecule has 0 atom stereocenters. The van der Waals surface area contributed by atoms with Crippen LogP contribution in [0.2, 0.25) is 0 Å². The molecule has 156 valence electrons. The molecule has 30 heavy (non-hydrogen) atoms. The maximum absolute atomic E-state index is 14.6. The zero-order chi connectivity index (χ0) is 21.7. The molecule has 0 bridgehead atoms. The number of carboxylic acid groups (broad SMARTS) is 1. The van der Waals surface area contributed by atoms with Crippen molar-refractivity contribution in [2.75, 3.05) is 6.61 Å². The summed E-state index contributed by atoms with van der Waals surface area (Å²) in [4.78, 5) is 10.6. The summed E-state index contributed by atoms with van der Waals surface area (Å²) in [6, 6.07) is 14.2. The van der Waals surface area contributed by atoms with Gasteiger partial charge in [0.25, 0.3) is 0 Å². The van der Waals surface area contributed by atoms with Gasteiger partial charge in [-0.1, -0.05) is 37.3 Å². The van der Waals surface area contributed by atoms with E-state index in [1.807, 2.05) is 31.2 Å². The quantitative estimate of drug-likeness (QED) is 0.523. The summed E-state index contributed by atoms with van der Waals surface area (Å²) in [6.07, 6.45) is 1.18. The lowest BCUT2D eigenvalue weighted by Crippen LogP contribution is -2.11. The molecule has 0 aromatic heterocycles. The second-order valence-corrected chi connectivity index (χ2v) is 6.92. The van der Waals surface area contributed by atoms with Gasteiger partial charge in [-0.2, -0.15) is 0 Å². The van der Waals surface area contributed by atoms with Crippen LogP contribution in [0.3, 0.4) is 0 Å². The Morgan fingerprint density at radius 3 is 2.40 bits per heavy atom. The van der Waals surface area contributed by atoms with E-state index in [2.05, 4.69) is 0 Å². The van der Waals surface area contributed by atoms with E-state index in [0.29, 0.717) is 6.42 Å². The number of hydrogen-bond donors (Lipinski definition) is 1. The average Bonchev–Trinajstić information content (AvgIpc) is 2.72. The third kappa shape index (κ3) is 5.20. The van der Waals surface area contributed by atoms with Crippen LogP contribution in [0.25, 0.3) is 11.1 Å². The Labute approximate surface area is 172 Å². The molecule has 6 heteroatoms. The standard InChI is InChI=1S/C24H21F3O3/c1-2-15-10-16(12-18(11-15)17-4-3-5-19(25)13-17)6-7-20-21(26)8-9-22(24(20)27)30-14-23(28)29/h3-5,8-13H,2,6-7,14H2,1H3,(H,28,29). The van der Waals surface area contributed by atoms with Gasteiger partial charge in [0.15, 0.2) is 18.2 Å². The monoisotopic (exact) mass is 414 g/mol. The Kier molecular flexibility index (Phi) is 6.77. The third-order valence-electron chi connectivity index (χ3n) is 4.78. The number of ether oxygens (including phenoxy) is 1. The molecule has 0 heterocycles. The molecule has 0 aliphatic carbocycles. The number of rotatable bonds is 8. The first-order valence-electron chi connectivity index (χ1n) is 9.57. The van der Waals surface area contributed by atoms with Gasteiger partial charge in [0.1, 0.15) is 11.6 Å². The van der Waals surface area contributed by atoms with Gasteiger partial charge in [-0.25, -0.2) is 18.0 Å². The molecule has 0 fully saturated rings. The summed E-state index contributed by atoms with van der Waals surface area (Å²) in [7, 11) is 0. The number of halogens is 3. The van der Waals surface area contributed by atoms with Crippen LogP contribution in [0, 0.1) is 17.5 Å². The Bertz CT molecular complexity index is 1060. The van der Waals surface area contributed by atoms with Crippen LogP contribution in [-0.2, 0) is 24.1 Å². The molecule has 0 saturated carbocycles. The van der Waals surface area contributed by atoms with Gasteiger partial charge < -0.3 is 9.84 Å². The zero-order valence-corrected chi connectivity index (χ0v) is 16.4. The normalized spacial score (nSPS) is 10.8. The fourth-order valence-corrected chi connectivity index (χ4v) is 3.27. The van der Waals surface area contributed by atoms with Gasteiger partial charge in [-0.15, -0.1) is 0 Å². The fraction of sp³-hybridized carbons (Fsp3) is 0.208. The summed E-state index contributed by atoms with van der Waals surface area (Å²) in [5.74, 6) is -3.49. The van der Waals surface area contributed by atoms with E-state index < -0.39 is 24.2 Å². The van der Waals surface area contributed by atoms with Crippen molar-refractivity contribution in [3.63, 3.8) is 0 Å². The highest BCUT2D eigenvalue weighted by Gasteiger charge is 2.16. The Morgan fingerprint density at radius 2 is 1.70 bits per heavy atom. The van der Waals surface area contributed by atoms with Crippen molar-refractivity contribution in [2.24, 2.45) is 0 Å². The van der Waals surface area contributed by atoms with E-state index in [0.717, 1.165) is 40.8 Å². The highest BCUT2D eigenvalue weighted by atomic mass is 19.1. The molecule has 3 aromatic rings. The van der Waals surface area contributed by atoms with Crippen molar-refractivity contribution >= 4 is 5.97 Å². The number of carboxylic acids is 1. The van der Waals surface area contributed by atoms with Crippen LogP contribution in [0.15, 0.2) is 54.6 Å². The lowest BCUT2D eigenvalue weighted by Gasteiger charge is -2.12. The highest BCUT2D eigenvalue weighted by Crippen LogP contribution is 2.27. The number of aliphatic carboxylic acids is 1. The molecule has 0 saturated heterocycles. The van der Waals surface area contributed by atoms with Crippen molar-refractivity contribution in [1.82, 2.24) is 0 Å². The lowest BCUT2D eigenvalue weighted by molar-refractivity contribution is -0.139. The Morgan fingerprint density at radius 1 is 0.933 bits per heavy atom. The molecule has 1 N–H and O–H groups in total. The molecule has 0 aliphatic heterocycles. The predicted octanol–water partition coefficient (Wildman–Crippen LogP) is 5.58. The number of hydrogen-bond acceptors (Lipinski definition) is 2. The van der Waals surface area contributed by atoms with Crippen molar-refractivity contribution in [2.45, 2.75) is 26.2 Å². The van der Waals surface area contributed by atoms with E-state index in [4.69, 9.17) is 9.84 Å². The lowest BCUT2D eigenvalue weighted by atomic mass is 9.95. The average molecular weight is 414 g/mol. The largest absolute Gasteiger partial charge is 0.479 e. The molecule has 3 rings (SSSR count). The third-order valence-corrected chi connectivity index (χ3v) is 4.78. The fourth-order valence-electron chi connectivity index (χ4n) is 3.27. The molecule has 0 unspecified atom stereocenters. The predicted molar refractivity (Wildman–Crippen MR) is 108 cm³/mol. The van der Waals surface area contributed by atoms with Crippen LogP contribution in [-0.4, -0.2) is 17.7 Å². The SMILES string of the molecule is CCc1cc(CCc2c(F)ccc(OCC(=O)O)c2F)cc(-c2cccc(F)c2)c1. The number of aryl methyl sites for hydroxylation is 2. The van der Waals surface area contributed by atoms with Gasteiger partial charge in [-0.3, -0.25) is 0 Å². The van der Waals surface area contributed by atoms with E-state index in [1.54, 1.807) is 6.07 Å². The molecule has 0 aliphatic rings. The molecular formula is C24H21F3O3. The second kappa shape index (κ2) is 9.48. The Hall–Kier alpha value is -3.28. The zero-order valence-electron chi connectivity index (χ0n) is 16.4. The number of benzene rings is 3. The minimum Gasteiger partial charge on any atom is -0.479 e. The molecule has 0 spiro atoms. The minimum atomic E-state index is -1.25. The first-order valence-corrected chi connectivity index (χ1v) is 9.57. The van der Waals surface area contributed by atoms with Crippen molar-refractivity contribution in [3.05, 3.63) is 88.7 Å². The maximum atomic E-state index is 14.6. The summed E-state index contributed by atoms with van der Waals surface area (Å²) in [5, 5.41) is 8.68. The molecule has 3 aromatic carbocycles. The highest BCUT2D eigenvalue weighted by molar-refractivity contribution is 5.68. The topological polar surface area (TPSA) is 46.5 Å². The smallest absolute Gasteiger partial charge is 0.341 e. The van der Waals surface area contributed by atoms with Crippen LogP contribution < -0.4 is 4.74 Å². The van der Waals surface area contributed by atoms with E-state index in [1.165, 1.54) is 12.1 Å². The van der Waals surface area contributed by atoms with Crippen LogP contribution in [0.4, 0.5) is 13.2 Å². The van der Waals surface area contributed by atoms with Gasteiger partial charge in [0.05, 0.1) is 0 Å². The van der Waals surface area contributed by atoms with E-state index in [9.17, 15) is 18.0 Å². The molecule has 0 amide bonds. The van der Waals surface area contributed by atoms with Gasteiger partial charge in [0.2, 0.25) is 0 Å². The van der Waals surface area contributed by atoms with Crippen molar-refractivity contribution in [3.8, 4) is 16.9 Å². The van der Waals surface area contributed by atoms with E-state index >= 15 is 0 Å². The van der Waals surface area contributed by atoms with Crippen LogP contribution in [0.5, 0.6) is 5.75 Å². The molecule has 0 radical (unpaired) electrons. The molecule has 3 nitrogen and oxygen atoms in total. The van der Waals surface area contributed by atoms with Gasteiger partial charge >= 0.3 is 5.97 Å². The first kappa shape index (κ1) is 21.4. The molecular weight excluding hydrogens is 393 g/mol. The van der Waals surface area contributed by atoms with E-state index in [-0.39, 0.29) is 23.6 Å². The second-order valence-electron chi connectivity index (χ2n) is 6.92. The summed E-state index contributed by atoms with van der Waals surface area (Å²) < 4.78 is 47.3. The van der Waals surface area contributed by atoms with Crippen molar-refractivity contribution < 1.29 is 27.8 Å². The summed E-state index contributed by atoms with van der Waals surface area (Å²) in [6.45, 7) is 1.29. The van der Waals surface area contributed by atoms with Gasteiger partial charge in [-0.05, 0) is 65.8 Å².